The number of amides is 2. The number of hydrogen-bond acceptors (Lipinski definition) is 6. The Balaban J connectivity index is 1.90. The van der Waals surface area contributed by atoms with Crippen LogP contribution < -0.4 is 10.2 Å². The summed E-state index contributed by atoms with van der Waals surface area (Å²) in [6, 6.07) is 3.88. The fraction of sp³-hybridized carbons (Fsp3) is 0.455. The van der Waals surface area contributed by atoms with E-state index in [-0.39, 0.29) is 35.0 Å². The van der Waals surface area contributed by atoms with Crippen LogP contribution in [-0.4, -0.2) is 60.4 Å². The number of ether oxygens (including phenoxy) is 1. The maximum atomic E-state index is 14.4. The van der Waals surface area contributed by atoms with Gasteiger partial charge in [-0.05, 0) is 36.2 Å². The van der Waals surface area contributed by atoms with Crippen LogP contribution in [-0.2, 0) is 37.7 Å². The number of nitrogens with one attached hydrogen (secondary N) is 1. The number of hydrogen-bond donors (Lipinski definition) is 1. The van der Waals surface area contributed by atoms with Crippen molar-refractivity contribution in [1.82, 2.24) is 15.1 Å². The molecule has 1 N–H and O–H groups in total. The van der Waals surface area contributed by atoms with Crippen molar-refractivity contribution < 1.29 is 58.7 Å². The van der Waals surface area contributed by atoms with Crippen molar-refractivity contribution in [3.63, 3.8) is 0 Å². The average molecular weight is 589 g/mol. The monoisotopic (exact) mass is 589 g/mol. The summed E-state index contributed by atoms with van der Waals surface area (Å²) in [5, 5.41) is 8.27. The molecule has 1 aromatic carbocycles. The summed E-state index contributed by atoms with van der Waals surface area (Å²) >= 11 is 0. The zero-order valence-electron chi connectivity index (χ0n) is 20.5. The van der Waals surface area contributed by atoms with Crippen molar-refractivity contribution in [3.05, 3.63) is 46.8 Å². The van der Waals surface area contributed by atoms with Gasteiger partial charge in [-0.15, -0.1) is 0 Å². The van der Waals surface area contributed by atoms with E-state index >= 15 is 0 Å². The summed E-state index contributed by atoms with van der Waals surface area (Å²) in [7, 11) is 1.04. The molecule has 0 saturated carbocycles. The highest BCUT2D eigenvalue weighted by Crippen LogP contribution is 2.49. The molecule has 40 heavy (non-hydrogen) atoms. The zero-order chi connectivity index (χ0) is 30.1. The second-order valence-electron chi connectivity index (χ2n) is 8.59. The number of methoxy groups -OCH3 is 1. The van der Waals surface area contributed by atoms with Crippen molar-refractivity contribution in [2.24, 2.45) is 5.16 Å². The fourth-order valence-electron chi connectivity index (χ4n) is 3.87. The van der Waals surface area contributed by atoms with Crippen LogP contribution in [0.4, 0.5) is 45.2 Å². The highest BCUT2D eigenvalue weighted by atomic mass is 19.4. The van der Waals surface area contributed by atoms with Crippen LogP contribution in [0.25, 0.3) is 0 Å². The average Bonchev–Trinajstić information content (AvgIpc) is 3.47. The van der Waals surface area contributed by atoms with Gasteiger partial charge in [-0.2, -0.15) is 44.6 Å². The Morgan fingerprint density at radius 3 is 2.38 bits per heavy atom. The van der Waals surface area contributed by atoms with Gasteiger partial charge >= 0.3 is 18.5 Å². The van der Waals surface area contributed by atoms with Gasteiger partial charge < -0.3 is 19.8 Å². The van der Waals surface area contributed by atoms with E-state index in [0.717, 1.165) is 12.0 Å². The molecule has 18 heteroatoms. The minimum absolute atomic E-state index is 0.0357. The molecule has 0 fully saturated rings. The number of rotatable bonds is 9. The molecule has 1 atom stereocenters. The molecular weight excluding hydrogens is 569 g/mol. The van der Waals surface area contributed by atoms with Crippen LogP contribution >= 0.6 is 0 Å². The van der Waals surface area contributed by atoms with E-state index < -0.39 is 67.7 Å². The van der Waals surface area contributed by atoms with E-state index in [1.54, 1.807) is 5.32 Å². The summed E-state index contributed by atoms with van der Waals surface area (Å²) in [4.78, 5) is 28.9. The maximum Gasteiger partial charge on any atom is 0.437 e. The molecule has 2 aromatic rings. The number of aromatic nitrogens is 2. The van der Waals surface area contributed by atoms with Crippen molar-refractivity contribution in [2.75, 3.05) is 25.1 Å². The zero-order valence-corrected chi connectivity index (χ0v) is 20.5. The minimum Gasteiger partial charge on any atom is -0.372 e. The lowest BCUT2D eigenvalue weighted by atomic mass is 9.89. The van der Waals surface area contributed by atoms with Gasteiger partial charge in [0.25, 0.3) is 5.60 Å². The highest BCUT2D eigenvalue weighted by molar-refractivity contribution is 6.02. The van der Waals surface area contributed by atoms with Crippen LogP contribution in [0.3, 0.4) is 0 Å². The van der Waals surface area contributed by atoms with E-state index in [9.17, 15) is 49.1 Å². The van der Waals surface area contributed by atoms with Gasteiger partial charge in [-0.1, -0.05) is 11.2 Å². The molecule has 1 aliphatic heterocycles. The molecule has 9 nitrogen and oxygen atoms in total. The normalized spacial score (nSPS) is 17.8. The molecule has 1 unspecified atom stereocenters. The van der Waals surface area contributed by atoms with Crippen LogP contribution in [0, 0.1) is 6.92 Å². The van der Waals surface area contributed by atoms with Crippen LogP contribution in [0.1, 0.15) is 28.9 Å². The molecule has 1 aromatic heterocycles. The number of carbonyl (C=O) groups excluding carboxylic acids is 2. The number of anilines is 1. The van der Waals surface area contributed by atoms with Crippen molar-refractivity contribution >= 4 is 23.7 Å². The topological polar surface area (TPSA) is 98.1 Å². The van der Waals surface area contributed by atoms with Crippen molar-refractivity contribution in [2.45, 2.75) is 44.2 Å². The molecule has 2 amide bonds. The first-order chi connectivity index (χ1) is 18.4. The Morgan fingerprint density at radius 1 is 1.18 bits per heavy atom. The molecule has 1 aliphatic rings. The number of benzene rings is 1. The molecule has 0 spiro atoms. The van der Waals surface area contributed by atoms with Gasteiger partial charge in [-0.25, -0.2) is 4.68 Å². The van der Waals surface area contributed by atoms with Crippen molar-refractivity contribution in [3.8, 4) is 0 Å². The first kappa shape index (κ1) is 30.7. The Morgan fingerprint density at radius 2 is 1.85 bits per heavy atom. The maximum absolute atomic E-state index is 14.4. The third-order valence-electron chi connectivity index (χ3n) is 5.69. The Labute approximate surface area is 219 Å². The van der Waals surface area contributed by atoms with Gasteiger partial charge in [0, 0.05) is 12.8 Å². The number of alkyl halides is 9. The summed E-state index contributed by atoms with van der Waals surface area (Å²) in [5.41, 5.74) is -5.97. The summed E-state index contributed by atoms with van der Waals surface area (Å²) < 4.78 is 125. The quantitative estimate of drug-likeness (QED) is 0.352. The van der Waals surface area contributed by atoms with Crippen LogP contribution in [0.2, 0.25) is 0 Å². The van der Waals surface area contributed by atoms with E-state index in [4.69, 9.17) is 9.57 Å². The number of aryl methyl sites for hydroxylation is 1. The van der Waals surface area contributed by atoms with Gasteiger partial charge in [0.1, 0.15) is 19.8 Å². The predicted molar refractivity (Wildman–Crippen MR) is 118 cm³/mol. The summed E-state index contributed by atoms with van der Waals surface area (Å²) in [6.45, 7) is -1.76. The van der Waals surface area contributed by atoms with E-state index in [1.165, 1.54) is 25.1 Å². The van der Waals surface area contributed by atoms with E-state index in [1.807, 2.05) is 0 Å². The molecule has 0 aliphatic carbocycles. The first-order valence-electron chi connectivity index (χ1n) is 11.0. The fourth-order valence-corrected chi connectivity index (χ4v) is 3.87. The molecule has 3 rings (SSSR count). The smallest absolute Gasteiger partial charge is 0.372 e. The molecule has 2 heterocycles. The summed E-state index contributed by atoms with van der Waals surface area (Å²) in [6.07, 6.45) is -15.9. The van der Waals surface area contributed by atoms with Gasteiger partial charge in [0.15, 0.2) is 5.69 Å². The summed E-state index contributed by atoms with van der Waals surface area (Å²) in [5.74, 6) is -1.12. The number of carbonyl (C=O) groups is 2. The van der Waals surface area contributed by atoms with Gasteiger partial charge in [0.05, 0.1) is 17.8 Å². The lowest BCUT2D eigenvalue weighted by Gasteiger charge is -2.29. The molecule has 220 valence electrons. The second kappa shape index (κ2) is 11.0. The molecule has 0 bridgehead atoms. The minimum atomic E-state index is -5.26. The number of nitrogens with zero attached hydrogens (tertiary/aromatic N) is 4. The second-order valence-corrected chi connectivity index (χ2v) is 8.59. The van der Waals surface area contributed by atoms with Gasteiger partial charge in [-0.3, -0.25) is 9.59 Å². The SMILES string of the molecule is COCn1nc(C(F)(F)F)cc1C1(C(F)(F)F)CC(c2ccc(N(C=O)CC(=O)NCC(F)(F)F)c(C)c2)=NO1. The van der Waals surface area contributed by atoms with Crippen molar-refractivity contribution in [1.29, 1.82) is 0 Å². The molecule has 0 saturated heterocycles. The van der Waals surface area contributed by atoms with Crippen LogP contribution in [0.5, 0.6) is 0 Å². The first-order valence-corrected chi connectivity index (χ1v) is 11.0. The third-order valence-corrected chi connectivity index (χ3v) is 5.69. The molecular formula is C22H20F9N5O4. The third kappa shape index (κ3) is 6.48. The standard InChI is InChI=1S/C22H20F9N5O4/c1-12-5-13(3-4-15(12)35(10-37)8-18(38)32-9-20(23,24)25)14-7-19(40-34-14,22(29,30)31)17-6-16(21(26,27)28)33-36(17)11-39-2/h3-6,10H,7-9,11H2,1-2H3,(H,32,38). The van der Waals surface area contributed by atoms with E-state index in [2.05, 4.69) is 10.3 Å². The Bertz CT molecular complexity index is 1290. The number of oxime groups is 1. The van der Waals surface area contributed by atoms with Crippen LogP contribution in [0.15, 0.2) is 29.4 Å². The largest absolute Gasteiger partial charge is 0.437 e. The predicted octanol–water partition coefficient (Wildman–Crippen LogP) is 4.04. The highest BCUT2D eigenvalue weighted by Gasteiger charge is 2.64. The lowest BCUT2D eigenvalue weighted by Crippen LogP contribution is -2.44. The lowest BCUT2D eigenvalue weighted by molar-refractivity contribution is -0.278. The Kier molecular flexibility index (Phi) is 8.43. The number of halogens is 9. The Hall–Kier alpha value is -3.83. The van der Waals surface area contributed by atoms with Gasteiger partial charge in [0.2, 0.25) is 12.3 Å². The van der Waals surface area contributed by atoms with E-state index in [0.29, 0.717) is 4.68 Å². The molecule has 0 radical (unpaired) electrons.